The average molecular weight is 389 g/mol. The minimum absolute atomic E-state index is 0.0430. The molecule has 5 nitrogen and oxygen atoms in total. The fourth-order valence-corrected chi connectivity index (χ4v) is 3.80. The zero-order chi connectivity index (χ0) is 20.2. The van der Waals surface area contributed by atoms with Crippen molar-refractivity contribution in [1.29, 1.82) is 0 Å². The summed E-state index contributed by atoms with van der Waals surface area (Å²) in [4.78, 5) is 15.3. The van der Waals surface area contributed by atoms with Gasteiger partial charge in [-0.2, -0.15) is 5.10 Å². The Bertz CT molecular complexity index is 972. The smallest absolute Gasteiger partial charge is 0.254 e. The van der Waals surface area contributed by atoms with Crippen molar-refractivity contribution in [3.8, 4) is 11.1 Å². The quantitative estimate of drug-likeness (QED) is 0.634. The van der Waals surface area contributed by atoms with Crippen LogP contribution in [-0.4, -0.2) is 39.8 Å². The van der Waals surface area contributed by atoms with Crippen LogP contribution < -0.4 is 0 Å². The highest BCUT2D eigenvalue weighted by molar-refractivity contribution is 5.94. The van der Waals surface area contributed by atoms with E-state index in [1.54, 1.807) is 4.68 Å². The number of rotatable bonds is 6. The van der Waals surface area contributed by atoms with E-state index in [1.165, 1.54) is 11.1 Å². The molecular weight excluding hydrogens is 362 g/mol. The maximum atomic E-state index is 13.4. The van der Waals surface area contributed by atoms with Crippen molar-refractivity contribution in [2.75, 3.05) is 13.2 Å². The summed E-state index contributed by atoms with van der Waals surface area (Å²) in [5.41, 5.74) is 5.17. The Balaban J connectivity index is 1.55. The summed E-state index contributed by atoms with van der Waals surface area (Å²) in [5.74, 6) is 0.0430. The number of nitrogens with zero attached hydrogens (tertiary/aromatic N) is 3. The Kier molecular flexibility index (Phi) is 5.76. The zero-order valence-corrected chi connectivity index (χ0v) is 17.0. The van der Waals surface area contributed by atoms with Crippen LogP contribution in [-0.2, 0) is 18.3 Å². The Morgan fingerprint density at radius 2 is 1.97 bits per heavy atom. The summed E-state index contributed by atoms with van der Waals surface area (Å²) in [6.07, 6.45) is 6.00. The molecule has 5 heteroatoms. The van der Waals surface area contributed by atoms with Crippen LogP contribution in [0, 0.1) is 6.92 Å². The Hall–Kier alpha value is -2.92. The van der Waals surface area contributed by atoms with Gasteiger partial charge in [-0.25, -0.2) is 0 Å². The van der Waals surface area contributed by atoms with Crippen LogP contribution in [0.5, 0.6) is 0 Å². The molecule has 4 rings (SSSR count). The molecule has 1 aromatic heterocycles. The highest BCUT2D eigenvalue weighted by Gasteiger charge is 2.24. The van der Waals surface area contributed by atoms with Crippen molar-refractivity contribution >= 4 is 5.91 Å². The molecule has 0 N–H and O–H groups in total. The minimum atomic E-state index is 0.0430. The van der Waals surface area contributed by atoms with Crippen molar-refractivity contribution in [3.05, 3.63) is 77.6 Å². The van der Waals surface area contributed by atoms with Gasteiger partial charge in [0.1, 0.15) is 0 Å². The number of carbonyl (C=O) groups is 1. The third-order valence-corrected chi connectivity index (χ3v) is 5.53. The lowest BCUT2D eigenvalue weighted by Gasteiger charge is -2.26. The first-order valence-corrected chi connectivity index (χ1v) is 10.1. The fraction of sp³-hybridized carbons (Fsp3) is 0.333. The molecule has 150 valence electrons. The minimum Gasteiger partial charge on any atom is -0.376 e. The highest BCUT2D eigenvalue weighted by Crippen LogP contribution is 2.22. The molecule has 0 bridgehead atoms. The van der Waals surface area contributed by atoms with E-state index in [4.69, 9.17) is 4.74 Å². The van der Waals surface area contributed by atoms with E-state index in [0.29, 0.717) is 18.7 Å². The number of benzene rings is 2. The van der Waals surface area contributed by atoms with Crippen molar-refractivity contribution in [1.82, 2.24) is 14.7 Å². The first kappa shape index (κ1) is 19.4. The average Bonchev–Trinajstić information content (AvgIpc) is 3.40. The van der Waals surface area contributed by atoms with Gasteiger partial charge >= 0.3 is 0 Å². The summed E-state index contributed by atoms with van der Waals surface area (Å²) in [6.45, 7) is 4.09. The number of hydrogen-bond acceptors (Lipinski definition) is 3. The maximum absolute atomic E-state index is 13.4. The predicted octanol–water partition coefficient (Wildman–Crippen LogP) is 4.22. The Morgan fingerprint density at radius 1 is 1.17 bits per heavy atom. The van der Waals surface area contributed by atoms with E-state index in [0.717, 1.165) is 30.6 Å². The molecule has 3 aromatic rings. The standard InChI is InChI=1S/C24H27N3O2/c1-18-6-3-4-7-21(18)16-27(17-23-8-5-13-29-23)24(28)20-11-9-19(10-12-20)22-14-25-26(2)15-22/h3-4,6-7,9-12,14-15,23H,5,8,13,16-17H2,1-2H3/t23-/m0/s1. The number of ether oxygens (including phenoxy) is 1. The van der Waals surface area contributed by atoms with Crippen LogP contribution in [0.1, 0.15) is 34.3 Å². The number of amides is 1. The van der Waals surface area contributed by atoms with E-state index >= 15 is 0 Å². The van der Waals surface area contributed by atoms with Crippen LogP contribution in [0.2, 0.25) is 0 Å². The van der Waals surface area contributed by atoms with E-state index in [-0.39, 0.29) is 12.0 Å². The van der Waals surface area contributed by atoms with Crippen LogP contribution in [0.25, 0.3) is 11.1 Å². The highest BCUT2D eigenvalue weighted by atomic mass is 16.5. The number of aryl methyl sites for hydroxylation is 2. The molecule has 1 fully saturated rings. The summed E-state index contributed by atoms with van der Waals surface area (Å²) in [6, 6.07) is 16.0. The molecule has 0 unspecified atom stereocenters. The molecule has 1 amide bonds. The second-order valence-electron chi connectivity index (χ2n) is 7.73. The van der Waals surface area contributed by atoms with Gasteiger partial charge in [-0.15, -0.1) is 0 Å². The molecule has 0 saturated carbocycles. The lowest BCUT2D eigenvalue weighted by atomic mass is 10.0. The van der Waals surface area contributed by atoms with Gasteiger partial charge in [0.25, 0.3) is 5.91 Å². The molecule has 2 aromatic carbocycles. The SMILES string of the molecule is Cc1ccccc1CN(C[C@@H]1CCCO1)C(=O)c1ccc(-c2cnn(C)c2)cc1. The van der Waals surface area contributed by atoms with E-state index in [9.17, 15) is 4.79 Å². The molecule has 29 heavy (non-hydrogen) atoms. The first-order chi connectivity index (χ1) is 14.1. The summed E-state index contributed by atoms with van der Waals surface area (Å²) < 4.78 is 7.59. The van der Waals surface area contributed by atoms with Crippen molar-refractivity contribution < 1.29 is 9.53 Å². The van der Waals surface area contributed by atoms with Crippen LogP contribution in [0.3, 0.4) is 0 Å². The van der Waals surface area contributed by atoms with Gasteiger partial charge in [-0.3, -0.25) is 9.48 Å². The van der Waals surface area contributed by atoms with Crippen molar-refractivity contribution in [2.45, 2.75) is 32.4 Å². The normalized spacial score (nSPS) is 16.1. The molecule has 1 aliphatic heterocycles. The van der Waals surface area contributed by atoms with E-state index < -0.39 is 0 Å². The van der Waals surface area contributed by atoms with Gasteiger partial charge in [0, 0.05) is 44.1 Å². The third kappa shape index (κ3) is 4.57. The van der Waals surface area contributed by atoms with E-state index in [1.807, 2.05) is 60.7 Å². The molecular formula is C24H27N3O2. The van der Waals surface area contributed by atoms with Crippen molar-refractivity contribution in [3.63, 3.8) is 0 Å². The lowest BCUT2D eigenvalue weighted by molar-refractivity contribution is 0.0507. The van der Waals surface area contributed by atoms with Crippen LogP contribution in [0.15, 0.2) is 60.9 Å². The summed E-state index contributed by atoms with van der Waals surface area (Å²) in [5, 5.41) is 4.22. The summed E-state index contributed by atoms with van der Waals surface area (Å²) >= 11 is 0. The van der Waals surface area contributed by atoms with Gasteiger partial charge < -0.3 is 9.64 Å². The first-order valence-electron chi connectivity index (χ1n) is 10.1. The lowest BCUT2D eigenvalue weighted by Crippen LogP contribution is -2.37. The number of carbonyl (C=O) groups excluding carboxylic acids is 1. The second kappa shape index (κ2) is 8.62. The van der Waals surface area contributed by atoms with Gasteiger partial charge in [0.15, 0.2) is 0 Å². The van der Waals surface area contributed by atoms with Crippen LogP contribution >= 0.6 is 0 Å². The Morgan fingerprint density at radius 3 is 2.62 bits per heavy atom. The largest absolute Gasteiger partial charge is 0.376 e. The van der Waals surface area contributed by atoms with E-state index in [2.05, 4.69) is 24.2 Å². The predicted molar refractivity (Wildman–Crippen MR) is 114 cm³/mol. The molecule has 2 heterocycles. The number of aromatic nitrogens is 2. The van der Waals surface area contributed by atoms with Gasteiger partial charge in [0.05, 0.1) is 12.3 Å². The number of hydrogen-bond donors (Lipinski definition) is 0. The topological polar surface area (TPSA) is 47.4 Å². The molecule has 1 atom stereocenters. The Labute approximate surface area is 171 Å². The molecule has 0 aliphatic carbocycles. The van der Waals surface area contributed by atoms with Gasteiger partial charge in [-0.1, -0.05) is 36.4 Å². The second-order valence-corrected chi connectivity index (χ2v) is 7.73. The van der Waals surface area contributed by atoms with Gasteiger partial charge in [-0.05, 0) is 48.6 Å². The van der Waals surface area contributed by atoms with Crippen molar-refractivity contribution in [2.24, 2.45) is 7.05 Å². The van der Waals surface area contributed by atoms with Gasteiger partial charge in [0.2, 0.25) is 0 Å². The van der Waals surface area contributed by atoms with Crippen LogP contribution in [0.4, 0.5) is 0 Å². The third-order valence-electron chi connectivity index (χ3n) is 5.53. The zero-order valence-electron chi connectivity index (χ0n) is 17.0. The molecule has 1 saturated heterocycles. The molecule has 0 spiro atoms. The molecule has 1 aliphatic rings. The monoisotopic (exact) mass is 389 g/mol. The fourth-order valence-electron chi connectivity index (χ4n) is 3.80. The summed E-state index contributed by atoms with van der Waals surface area (Å²) in [7, 11) is 1.90. The molecule has 0 radical (unpaired) electrons. The maximum Gasteiger partial charge on any atom is 0.254 e.